The standard InChI is InChI=1S/C23H27N5O7S2/c1-14-3-5-16-19(11-14)36-22(21(16)23(30)33-2)24-20(29)13-35-28-18-12-15(4-6-17(18)25-26-28)37(31,32)27-7-9-34-10-8-27/h4,6,12,14H,3,5,7-11,13H2,1-2H3,(H,24,29)/t14-/m1/s1. The quantitative estimate of drug-likeness (QED) is 0.434. The highest BCUT2D eigenvalue weighted by Crippen LogP contribution is 2.40. The van der Waals surface area contributed by atoms with E-state index in [1.807, 2.05) is 0 Å². The van der Waals surface area contributed by atoms with Crippen molar-refractivity contribution >= 4 is 49.3 Å². The molecule has 12 nitrogen and oxygen atoms in total. The highest BCUT2D eigenvalue weighted by atomic mass is 32.2. The minimum atomic E-state index is -3.73. The molecule has 0 saturated carbocycles. The van der Waals surface area contributed by atoms with Crippen LogP contribution in [0.15, 0.2) is 23.1 Å². The molecule has 1 atom stereocenters. The molecule has 37 heavy (non-hydrogen) atoms. The fourth-order valence-corrected chi connectivity index (χ4v) is 7.35. The number of sulfonamides is 1. The Hall–Kier alpha value is -3.07. The van der Waals surface area contributed by atoms with Gasteiger partial charge in [0, 0.05) is 18.0 Å². The number of benzene rings is 1. The van der Waals surface area contributed by atoms with Crippen LogP contribution in [0.25, 0.3) is 11.0 Å². The number of carbonyl (C=O) groups is 2. The third-order valence-electron chi connectivity index (χ3n) is 6.47. The number of hydrogen-bond donors (Lipinski definition) is 1. The zero-order valence-electron chi connectivity index (χ0n) is 20.4. The van der Waals surface area contributed by atoms with Crippen molar-refractivity contribution in [3.63, 3.8) is 0 Å². The lowest BCUT2D eigenvalue weighted by atomic mass is 9.88. The summed E-state index contributed by atoms with van der Waals surface area (Å²) < 4.78 is 37.6. The van der Waals surface area contributed by atoms with Gasteiger partial charge < -0.3 is 19.6 Å². The average molecular weight is 550 g/mol. The van der Waals surface area contributed by atoms with Crippen molar-refractivity contribution in [2.75, 3.05) is 45.3 Å². The van der Waals surface area contributed by atoms with Crippen molar-refractivity contribution in [3.05, 3.63) is 34.2 Å². The Labute approximate surface area is 217 Å². The number of nitrogens with zero attached hydrogens (tertiary/aromatic N) is 4. The fourth-order valence-electron chi connectivity index (χ4n) is 4.51. The molecule has 1 aliphatic carbocycles. The monoisotopic (exact) mass is 549 g/mol. The van der Waals surface area contributed by atoms with E-state index < -0.39 is 28.5 Å². The molecule has 0 spiro atoms. The second-order valence-corrected chi connectivity index (χ2v) is 12.0. The lowest BCUT2D eigenvalue weighted by molar-refractivity contribution is -0.121. The number of ether oxygens (including phenoxy) is 2. The number of morpholine rings is 1. The predicted octanol–water partition coefficient (Wildman–Crippen LogP) is 1.49. The van der Waals surface area contributed by atoms with Crippen LogP contribution in [-0.2, 0) is 37.1 Å². The molecule has 14 heteroatoms. The molecule has 1 saturated heterocycles. The van der Waals surface area contributed by atoms with Crippen LogP contribution in [0.5, 0.6) is 0 Å². The van der Waals surface area contributed by atoms with Crippen molar-refractivity contribution in [1.82, 2.24) is 19.5 Å². The number of nitrogens with one attached hydrogen (secondary N) is 1. The number of methoxy groups -OCH3 is 1. The summed E-state index contributed by atoms with van der Waals surface area (Å²) in [4.78, 5) is 32.9. The molecule has 0 bridgehead atoms. The lowest BCUT2D eigenvalue weighted by Crippen LogP contribution is -2.40. The molecule has 2 aromatic heterocycles. The molecule has 1 aromatic carbocycles. The average Bonchev–Trinajstić information content (AvgIpc) is 3.47. The maximum Gasteiger partial charge on any atom is 0.341 e. The first-order valence-electron chi connectivity index (χ1n) is 11.9. The molecule has 1 fully saturated rings. The largest absolute Gasteiger partial charge is 0.465 e. The van der Waals surface area contributed by atoms with E-state index in [0.717, 1.165) is 34.5 Å². The van der Waals surface area contributed by atoms with Gasteiger partial charge in [-0.05, 0) is 54.2 Å². The number of amides is 1. The Morgan fingerprint density at radius 3 is 2.81 bits per heavy atom. The smallest absolute Gasteiger partial charge is 0.341 e. The molecule has 0 unspecified atom stereocenters. The molecular weight excluding hydrogens is 522 g/mol. The molecule has 5 rings (SSSR count). The number of aromatic nitrogens is 3. The van der Waals surface area contributed by atoms with Gasteiger partial charge in [0.1, 0.15) is 16.0 Å². The number of fused-ring (bicyclic) bond motifs is 2. The Kier molecular flexibility index (Phi) is 7.16. The van der Waals surface area contributed by atoms with Crippen LogP contribution in [0.2, 0.25) is 0 Å². The molecule has 3 heterocycles. The van der Waals surface area contributed by atoms with Gasteiger partial charge in [0.25, 0.3) is 5.91 Å². The first-order valence-corrected chi connectivity index (χ1v) is 14.1. The van der Waals surface area contributed by atoms with Crippen LogP contribution in [0.3, 0.4) is 0 Å². The Balaban J connectivity index is 1.32. The number of hydrogen-bond acceptors (Lipinski definition) is 10. The first-order chi connectivity index (χ1) is 17.8. The molecule has 1 amide bonds. The van der Waals surface area contributed by atoms with Crippen molar-refractivity contribution in [1.29, 1.82) is 0 Å². The van der Waals surface area contributed by atoms with E-state index in [-0.39, 0.29) is 18.0 Å². The number of anilines is 1. The summed E-state index contributed by atoms with van der Waals surface area (Å²) in [5.74, 6) is -0.488. The van der Waals surface area contributed by atoms with Gasteiger partial charge in [-0.1, -0.05) is 11.8 Å². The summed E-state index contributed by atoms with van der Waals surface area (Å²) >= 11 is 1.38. The van der Waals surface area contributed by atoms with Crippen LogP contribution < -0.4 is 10.2 Å². The fraction of sp³-hybridized carbons (Fsp3) is 0.478. The van der Waals surface area contributed by atoms with Gasteiger partial charge in [-0.25, -0.2) is 13.2 Å². The second kappa shape index (κ2) is 10.4. The van der Waals surface area contributed by atoms with Crippen molar-refractivity contribution in [2.24, 2.45) is 5.92 Å². The highest BCUT2D eigenvalue weighted by molar-refractivity contribution is 7.89. The summed E-state index contributed by atoms with van der Waals surface area (Å²) in [7, 11) is -2.42. The zero-order chi connectivity index (χ0) is 26.2. The van der Waals surface area contributed by atoms with Gasteiger partial charge in [-0.15, -0.1) is 16.4 Å². The topological polar surface area (TPSA) is 142 Å². The van der Waals surface area contributed by atoms with Gasteiger partial charge in [0.05, 0.1) is 30.8 Å². The Bertz CT molecular complexity index is 1440. The summed E-state index contributed by atoms with van der Waals surface area (Å²) in [6.07, 6.45) is 2.56. The molecule has 0 radical (unpaired) electrons. The molecular formula is C23H27N5O7S2. The summed E-state index contributed by atoms with van der Waals surface area (Å²) in [6.45, 7) is 2.94. The van der Waals surface area contributed by atoms with Crippen molar-refractivity contribution in [3.8, 4) is 0 Å². The van der Waals surface area contributed by atoms with Crippen LogP contribution in [0, 0.1) is 5.92 Å². The maximum absolute atomic E-state index is 13.0. The van der Waals surface area contributed by atoms with Crippen LogP contribution in [0.4, 0.5) is 5.00 Å². The van der Waals surface area contributed by atoms with E-state index in [4.69, 9.17) is 14.3 Å². The zero-order valence-corrected chi connectivity index (χ0v) is 22.1. The van der Waals surface area contributed by atoms with Gasteiger partial charge in [0.15, 0.2) is 6.61 Å². The normalized spacial score (nSPS) is 18.4. The first kappa shape index (κ1) is 25.6. The van der Waals surface area contributed by atoms with Gasteiger partial charge >= 0.3 is 5.97 Å². The molecule has 2 aliphatic rings. The Morgan fingerprint density at radius 2 is 2.05 bits per heavy atom. The van der Waals surface area contributed by atoms with E-state index in [1.165, 1.54) is 41.0 Å². The minimum Gasteiger partial charge on any atom is -0.465 e. The SMILES string of the molecule is COC(=O)c1c(NC(=O)COn2nnc3ccc(S(=O)(=O)N4CCOCC4)cc32)sc2c1CC[C@@H](C)C2. The molecule has 1 aliphatic heterocycles. The molecule has 1 N–H and O–H groups in total. The van der Waals surface area contributed by atoms with Gasteiger partial charge in [0.2, 0.25) is 10.0 Å². The number of esters is 1. The second-order valence-electron chi connectivity index (χ2n) is 9.00. The summed E-state index contributed by atoms with van der Waals surface area (Å²) in [6, 6.07) is 4.42. The third-order valence-corrected chi connectivity index (χ3v) is 9.53. The van der Waals surface area contributed by atoms with Crippen LogP contribution in [0.1, 0.15) is 34.1 Å². The van der Waals surface area contributed by atoms with Gasteiger partial charge in [-0.2, -0.15) is 4.31 Å². The predicted molar refractivity (Wildman–Crippen MR) is 134 cm³/mol. The van der Waals surface area contributed by atoms with Crippen molar-refractivity contribution < 1.29 is 32.3 Å². The molecule has 3 aromatic rings. The minimum absolute atomic E-state index is 0.0691. The van der Waals surface area contributed by atoms with E-state index in [9.17, 15) is 18.0 Å². The van der Waals surface area contributed by atoms with E-state index >= 15 is 0 Å². The van der Waals surface area contributed by atoms with Crippen molar-refractivity contribution in [2.45, 2.75) is 31.1 Å². The van der Waals surface area contributed by atoms with E-state index in [0.29, 0.717) is 40.7 Å². The lowest BCUT2D eigenvalue weighted by Gasteiger charge is -2.26. The van der Waals surface area contributed by atoms with E-state index in [2.05, 4.69) is 22.6 Å². The highest BCUT2D eigenvalue weighted by Gasteiger charge is 2.30. The summed E-state index contributed by atoms with van der Waals surface area (Å²) in [5, 5.41) is 11.1. The number of carbonyl (C=O) groups excluding carboxylic acids is 2. The van der Waals surface area contributed by atoms with Gasteiger partial charge in [-0.3, -0.25) is 4.79 Å². The van der Waals surface area contributed by atoms with Crippen LogP contribution in [-0.4, -0.2) is 79.8 Å². The number of thiophene rings is 1. The maximum atomic E-state index is 13.0. The third kappa shape index (κ3) is 5.06. The summed E-state index contributed by atoms with van der Waals surface area (Å²) in [5.41, 5.74) is 2.04. The Morgan fingerprint density at radius 1 is 1.27 bits per heavy atom. The van der Waals surface area contributed by atoms with E-state index in [1.54, 1.807) is 0 Å². The number of rotatable bonds is 7. The molecule has 198 valence electrons. The van der Waals surface area contributed by atoms with Crippen LogP contribution >= 0.6 is 11.3 Å².